The summed E-state index contributed by atoms with van der Waals surface area (Å²) in [5.41, 5.74) is 6.58. The number of ether oxygens (including phenoxy) is 1. The second kappa shape index (κ2) is 4.00. The monoisotopic (exact) mass is 204 g/mol. The highest BCUT2D eigenvalue weighted by Gasteiger charge is 2.08. The maximum Gasteiger partial charge on any atom is 0.337 e. The van der Waals surface area contributed by atoms with Crippen LogP contribution in [0.25, 0.3) is 5.69 Å². The molecule has 1 heterocycles. The number of nitrogens with two attached hydrogens (primary N) is 1. The highest BCUT2D eigenvalue weighted by atomic mass is 16.5. The maximum atomic E-state index is 5.71. The average molecular weight is 204 g/mol. The Morgan fingerprint density at radius 2 is 2.07 bits per heavy atom. The van der Waals surface area contributed by atoms with Crippen LogP contribution in [0.3, 0.4) is 0 Å². The Balaban J connectivity index is 2.36. The summed E-state index contributed by atoms with van der Waals surface area (Å²) in [4.78, 5) is 3.98. The Labute approximate surface area is 87.5 Å². The predicted octanol–water partition coefficient (Wildman–Crippen LogP) is 1.25. The molecule has 0 amide bonds. The molecule has 2 rings (SSSR count). The maximum absolute atomic E-state index is 5.71. The van der Waals surface area contributed by atoms with E-state index >= 15 is 0 Å². The highest BCUT2D eigenvalue weighted by molar-refractivity contribution is 5.37. The van der Waals surface area contributed by atoms with Gasteiger partial charge in [0, 0.05) is 0 Å². The molecule has 0 bridgehead atoms. The second-order valence-corrected chi connectivity index (χ2v) is 2.93. The Hall–Kier alpha value is -2.04. The molecule has 5 heteroatoms. The molecule has 0 saturated carbocycles. The van der Waals surface area contributed by atoms with E-state index in [1.807, 2.05) is 37.3 Å². The van der Waals surface area contributed by atoms with Gasteiger partial charge in [-0.1, -0.05) is 18.2 Å². The largest absolute Gasteiger partial charge is 0.463 e. The molecule has 0 saturated heterocycles. The summed E-state index contributed by atoms with van der Waals surface area (Å²) in [6.45, 7) is 2.40. The van der Waals surface area contributed by atoms with E-state index in [1.165, 1.54) is 0 Å². The number of nitrogens with zero attached hydrogens (tertiary/aromatic N) is 3. The third-order valence-electron chi connectivity index (χ3n) is 1.89. The number of nitrogen functional groups attached to an aromatic ring is 1. The van der Waals surface area contributed by atoms with Gasteiger partial charge < -0.3 is 10.5 Å². The Kier molecular flexibility index (Phi) is 2.53. The summed E-state index contributed by atoms with van der Waals surface area (Å²) in [6, 6.07) is 9.87. The molecule has 0 atom stereocenters. The number of hydrogen-bond donors (Lipinski definition) is 1. The van der Waals surface area contributed by atoms with Gasteiger partial charge in [0.15, 0.2) is 0 Å². The lowest BCUT2D eigenvalue weighted by Gasteiger charge is -2.00. The summed E-state index contributed by atoms with van der Waals surface area (Å²) >= 11 is 0. The molecule has 0 aliphatic rings. The molecule has 0 spiro atoms. The smallest absolute Gasteiger partial charge is 0.337 e. The van der Waals surface area contributed by atoms with Gasteiger partial charge >= 0.3 is 6.01 Å². The first kappa shape index (κ1) is 9.51. The van der Waals surface area contributed by atoms with E-state index in [0.29, 0.717) is 18.6 Å². The van der Waals surface area contributed by atoms with E-state index < -0.39 is 0 Å². The third kappa shape index (κ3) is 1.90. The number of aromatic nitrogens is 3. The van der Waals surface area contributed by atoms with Crippen molar-refractivity contribution in [1.82, 2.24) is 14.8 Å². The van der Waals surface area contributed by atoms with Gasteiger partial charge in [-0.25, -0.2) is 0 Å². The number of benzene rings is 1. The molecule has 0 fully saturated rings. The molecule has 0 aliphatic heterocycles. The molecule has 1 aromatic carbocycles. The van der Waals surface area contributed by atoms with Gasteiger partial charge in [0.05, 0.1) is 12.3 Å². The van der Waals surface area contributed by atoms with Crippen LogP contribution >= 0.6 is 0 Å². The minimum atomic E-state index is 0.304. The minimum Gasteiger partial charge on any atom is -0.463 e. The van der Waals surface area contributed by atoms with Gasteiger partial charge in [0.2, 0.25) is 5.95 Å². The molecular weight excluding hydrogens is 192 g/mol. The van der Waals surface area contributed by atoms with Gasteiger partial charge in [0.25, 0.3) is 0 Å². The van der Waals surface area contributed by atoms with Crippen LogP contribution in [0.1, 0.15) is 6.92 Å². The van der Waals surface area contributed by atoms with Crippen LogP contribution in [0.2, 0.25) is 0 Å². The van der Waals surface area contributed by atoms with E-state index in [-0.39, 0.29) is 0 Å². The number of hydrogen-bond acceptors (Lipinski definition) is 4. The molecule has 5 nitrogen and oxygen atoms in total. The zero-order valence-corrected chi connectivity index (χ0v) is 8.42. The first-order valence-electron chi connectivity index (χ1n) is 4.72. The van der Waals surface area contributed by atoms with Gasteiger partial charge in [-0.15, -0.1) is 5.10 Å². The molecule has 15 heavy (non-hydrogen) atoms. The lowest BCUT2D eigenvalue weighted by molar-refractivity contribution is 0.312. The van der Waals surface area contributed by atoms with Crippen molar-refractivity contribution in [2.75, 3.05) is 12.3 Å². The Morgan fingerprint density at radius 1 is 1.33 bits per heavy atom. The quantitative estimate of drug-likeness (QED) is 0.817. The van der Waals surface area contributed by atoms with Crippen LogP contribution in [-0.4, -0.2) is 21.4 Å². The van der Waals surface area contributed by atoms with E-state index in [9.17, 15) is 0 Å². The summed E-state index contributed by atoms with van der Waals surface area (Å²) in [6.07, 6.45) is 0. The van der Waals surface area contributed by atoms with Crippen molar-refractivity contribution in [3.05, 3.63) is 30.3 Å². The van der Waals surface area contributed by atoms with Gasteiger partial charge in [-0.3, -0.25) is 0 Å². The molecule has 78 valence electrons. The van der Waals surface area contributed by atoms with Gasteiger partial charge in [-0.05, 0) is 19.1 Å². The van der Waals surface area contributed by atoms with Gasteiger partial charge in [-0.2, -0.15) is 9.67 Å². The fraction of sp³-hybridized carbons (Fsp3) is 0.200. The summed E-state index contributed by atoms with van der Waals surface area (Å²) in [5.74, 6) is 0.324. The van der Waals surface area contributed by atoms with Crippen LogP contribution in [-0.2, 0) is 0 Å². The zero-order chi connectivity index (χ0) is 10.7. The van der Waals surface area contributed by atoms with Crippen molar-refractivity contribution < 1.29 is 4.74 Å². The van der Waals surface area contributed by atoms with Crippen LogP contribution in [0.5, 0.6) is 6.01 Å². The fourth-order valence-electron chi connectivity index (χ4n) is 1.25. The lowest BCUT2D eigenvalue weighted by Crippen LogP contribution is -2.01. The summed E-state index contributed by atoms with van der Waals surface area (Å²) in [7, 11) is 0. The van der Waals surface area contributed by atoms with Crippen molar-refractivity contribution >= 4 is 5.95 Å². The van der Waals surface area contributed by atoms with Crippen LogP contribution in [0.15, 0.2) is 30.3 Å². The average Bonchev–Trinajstić information content (AvgIpc) is 2.61. The predicted molar refractivity (Wildman–Crippen MR) is 56.9 cm³/mol. The summed E-state index contributed by atoms with van der Waals surface area (Å²) in [5, 5.41) is 4.13. The zero-order valence-electron chi connectivity index (χ0n) is 8.42. The van der Waals surface area contributed by atoms with E-state index in [4.69, 9.17) is 10.5 Å². The van der Waals surface area contributed by atoms with E-state index in [0.717, 1.165) is 5.69 Å². The van der Waals surface area contributed by atoms with Crippen molar-refractivity contribution in [3.8, 4) is 11.7 Å². The minimum absolute atomic E-state index is 0.304. The molecule has 1 aromatic heterocycles. The number of rotatable bonds is 3. The first-order valence-corrected chi connectivity index (χ1v) is 4.72. The number of anilines is 1. The standard InChI is InChI=1S/C10H12N4O/c1-2-15-10-12-9(11)14(13-10)8-6-4-3-5-7-8/h3-7H,2H2,1H3,(H2,11,12,13). The Bertz CT molecular complexity index is 438. The molecule has 0 unspecified atom stereocenters. The summed E-state index contributed by atoms with van der Waals surface area (Å²) < 4.78 is 6.71. The van der Waals surface area contributed by atoms with E-state index in [1.54, 1.807) is 4.68 Å². The van der Waals surface area contributed by atoms with Crippen molar-refractivity contribution in [1.29, 1.82) is 0 Å². The van der Waals surface area contributed by atoms with Crippen LogP contribution in [0.4, 0.5) is 5.95 Å². The lowest BCUT2D eigenvalue weighted by atomic mass is 10.3. The van der Waals surface area contributed by atoms with Crippen molar-refractivity contribution in [2.24, 2.45) is 0 Å². The topological polar surface area (TPSA) is 66.0 Å². The molecule has 2 N–H and O–H groups in total. The highest BCUT2D eigenvalue weighted by Crippen LogP contribution is 2.13. The molecule has 0 aliphatic carbocycles. The second-order valence-electron chi connectivity index (χ2n) is 2.93. The van der Waals surface area contributed by atoms with Gasteiger partial charge in [0.1, 0.15) is 0 Å². The molecule has 2 aromatic rings. The van der Waals surface area contributed by atoms with Crippen LogP contribution < -0.4 is 10.5 Å². The molecule has 0 radical (unpaired) electrons. The van der Waals surface area contributed by atoms with Crippen molar-refractivity contribution in [3.63, 3.8) is 0 Å². The normalized spacial score (nSPS) is 10.2. The first-order chi connectivity index (χ1) is 7.31. The Morgan fingerprint density at radius 3 is 2.73 bits per heavy atom. The van der Waals surface area contributed by atoms with E-state index in [2.05, 4.69) is 10.1 Å². The third-order valence-corrected chi connectivity index (χ3v) is 1.89. The van der Waals surface area contributed by atoms with Crippen LogP contribution in [0, 0.1) is 0 Å². The number of para-hydroxylation sites is 1. The molecular formula is C10H12N4O. The fourth-order valence-corrected chi connectivity index (χ4v) is 1.25. The van der Waals surface area contributed by atoms with Crippen molar-refractivity contribution in [2.45, 2.75) is 6.92 Å². The SMILES string of the molecule is CCOc1nc(N)n(-c2ccccc2)n1.